The average Bonchev–Trinajstić information content (AvgIpc) is 3.34. The van der Waals surface area contributed by atoms with E-state index in [1.807, 2.05) is 0 Å². The van der Waals surface area contributed by atoms with Gasteiger partial charge < -0.3 is 9.47 Å². The molecule has 0 aromatic rings. The molecule has 0 amide bonds. The van der Waals surface area contributed by atoms with Gasteiger partial charge in [-0.15, -0.1) is 0 Å². The molecule has 10 atom stereocenters. The maximum Gasteiger partial charge on any atom is 0.0671 e. The molecule has 0 spiro atoms. The number of fused-ring (bicyclic) bond motifs is 6. The first-order valence-electron chi connectivity index (χ1n) is 14.9. The van der Waals surface area contributed by atoms with Crippen molar-refractivity contribution in [2.45, 2.75) is 170 Å². The van der Waals surface area contributed by atoms with Crippen molar-refractivity contribution in [1.29, 1.82) is 0 Å². The molecule has 2 saturated heterocycles. The standard InChI is InChI=1S/C29H49O2P/c1-2-6-10-23-27(13-9-3-1)32-28-19-17-22-15-14-21(20-22)16-18-24(28)31-26-12-8-5-4-7-11-25(30-23)29(26)32/h21-29H,1-20H2. The Morgan fingerprint density at radius 1 is 0.406 bits per heavy atom. The van der Waals surface area contributed by atoms with Crippen LogP contribution in [0.5, 0.6) is 0 Å². The van der Waals surface area contributed by atoms with Crippen LogP contribution in [0.1, 0.15) is 128 Å². The summed E-state index contributed by atoms with van der Waals surface area (Å²) < 4.78 is 14.4. The molecule has 2 heterocycles. The van der Waals surface area contributed by atoms with Crippen LogP contribution in [-0.2, 0) is 9.47 Å². The second-order valence-electron chi connectivity index (χ2n) is 12.5. The quantitative estimate of drug-likeness (QED) is 0.339. The zero-order valence-corrected chi connectivity index (χ0v) is 21.5. The molecule has 10 unspecified atom stereocenters. The van der Waals surface area contributed by atoms with Crippen molar-refractivity contribution in [1.82, 2.24) is 0 Å². The van der Waals surface area contributed by atoms with E-state index in [4.69, 9.17) is 9.47 Å². The van der Waals surface area contributed by atoms with Gasteiger partial charge in [0.25, 0.3) is 0 Å². The third-order valence-corrected chi connectivity index (χ3v) is 14.6. The summed E-state index contributed by atoms with van der Waals surface area (Å²) in [6.07, 6.45) is 31.1. The number of hydrogen-bond donors (Lipinski definition) is 0. The lowest BCUT2D eigenvalue weighted by molar-refractivity contribution is -0.0982. The predicted octanol–water partition coefficient (Wildman–Crippen LogP) is 8.20. The molecule has 2 bridgehead atoms. The van der Waals surface area contributed by atoms with E-state index in [0.29, 0.717) is 24.4 Å². The van der Waals surface area contributed by atoms with Crippen molar-refractivity contribution in [2.75, 3.05) is 0 Å². The summed E-state index contributed by atoms with van der Waals surface area (Å²) in [4.78, 5) is 0. The van der Waals surface area contributed by atoms with Crippen LogP contribution in [0, 0.1) is 11.8 Å². The number of hydrogen-bond acceptors (Lipinski definition) is 2. The molecular weight excluding hydrogens is 411 g/mol. The lowest BCUT2D eigenvalue weighted by Crippen LogP contribution is -2.57. The topological polar surface area (TPSA) is 18.5 Å². The molecule has 2 aliphatic heterocycles. The van der Waals surface area contributed by atoms with Gasteiger partial charge in [-0.1, -0.05) is 78.6 Å². The third kappa shape index (κ3) is 4.73. The summed E-state index contributed by atoms with van der Waals surface area (Å²) in [6, 6.07) is 0. The fourth-order valence-electron chi connectivity index (χ4n) is 8.94. The van der Waals surface area contributed by atoms with Gasteiger partial charge in [0.1, 0.15) is 0 Å². The molecule has 0 aromatic carbocycles. The number of rotatable bonds is 0. The molecule has 2 nitrogen and oxygen atoms in total. The zero-order valence-electron chi connectivity index (χ0n) is 20.6. The molecule has 0 aromatic heterocycles. The third-order valence-electron chi connectivity index (χ3n) is 10.5. The van der Waals surface area contributed by atoms with Gasteiger partial charge in [0.2, 0.25) is 0 Å². The largest absolute Gasteiger partial charge is 0.374 e. The fourth-order valence-corrected chi connectivity index (χ4v) is 13.7. The van der Waals surface area contributed by atoms with E-state index >= 15 is 0 Å². The molecule has 6 rings (SSSR count). The van der Waals surface area contributed by atoms with Crippen molar-refractivity contribution in [3.05, 3.63) is 0 Å². The summed E-state index contributed by atoms with van der Waals surface area (Å²) in [5.74, 6) is 2.06. The van der Waals surface area contributed by atoms with Crippen LogP contribution in [0.2, 0.25) is 0 Å². The summed E-state index contributed by atoms with van der Waals surface area (Å²) in [7, 11) is 0.0244. The van der Waals surface area contributed by atoms with E-state index in [2.05, 4.69) is 0 Å². The van der Waals surface area contributed by atoms with Crippen molar-refractivity contribution < 1.29 is 9.47 Å². The first-order valence-corrected chi connectivity index (χ1v) is 16.5. The van der Waals surface area contributed by atoms with Crippen molar-refractivity contribution >= 4 is 7.92 Å². The molecule has 0 radical (unpaired) electrons. The van der Waals surface area contributed by atoms with Crippen LogP contribution < -0.4 is 0 Å². The second kappa shape index (κ2) is 10.5. The highest BCUT2D eigenvalue weighted by atomic mass is 31.1. The molecule has 182 valence electrons. The molecule has 6 aliphatic rings. The first-order chi connectivity index (χ1) is 15.9. The second-order valence-corrected chi connectivity index (χ2v) is 15.4. The minimum Gasteiger partial charge on any atom is -0.374 e. The highest BCUT2D eigenvalue weighted by Crippen LogP contribution is 2.66. The molecule has 0 N–H and O–H groups in total. The highest BCUT2D eigenvalue weighted by molar-refractivity contribution is 7.60. The lowest BCUT2D eigenvalue weighted by Gasteiger charge is -2.58. The molecule has 4 saturated carbocycles. The highest BCUT2D eigenvalue weighted by Gasteiger charge is 2.55. The first kappa shape index (κ1) is 22.8. The fraction of sp³-hybridized carbons (Fsp3) is 1.00. The van der Waals surface area contributed by atoms with Gasteiger partial charge in [0.15, 0.2) is 0 Å². The number of ether oxygens (including phenoxy) is 2. The Labute approximate surface area is 199 Å². The molecule has 32 heavy (non-hydrogen) atoms. The van der Waals surface area contributed by atoms with Crippen LogP contribution in [0.15, 0.2) is 0 Å². The lowest BCUT2D eigenvalue weighted by atomic mass is 9.96. The van der Waals surface area contributed by atoms with Crippen molar-refractivity contribution in [3.63, 3.8) is 0 Å². The smallest absolute Gasteiger partial charge is 0.0671 e. The molecule has 6 fully saturated rings. The summed E-state index contributed by atoms with van der Waals surface area (Å²) >= 11 is 0. The van der Waals surface area contributed by atoms with E-state index in [0.717, 1.165) is 28.8 Å². The van der Waals surface area contributed by atoms with Gasteiger partial charge in [-0.3, -0.25) is 0 Å². The maximum atomic E-state index is 7.22. The average molecular weight is 461 g/mol. The van der Waals surface area contributed by atoms with Crippen LogP contribution >= 0.6 is 7.92 Å². The van der Waals surface area contributed by atoms with E-state index in [9.17, 15) is 0 Å². The van der Waals surface area contributed by atoms with E-state index < -0.39 is 0 Å². The minimum atomic E-state index is 0.0244. The molecular formula is C29H49O2P. The Bertz CT molecular complexity index is 610. The summed E-state index contributed by atoms with van der Waals surface area (Å²) in [6.45, 7) is 0. The van der Waals surface area contributed by atoms with Crippen LogP contribution in [0.25, 0.3) is 0 Å². The monoisotopic (exact) mass is 460 g/mol. The minimum absolute atomic E-state index is 0.0244. The molecule has 4 aliphatic carbocycles. The van der Waals surface area contributed by atoms with E-state index in [-0.39, 0.29) is 7.92 Å². The van der Waals surface area contributed by atoms with Crippen molar-refractivity contribution in [2.24, 2.45) is 11.8 Å². The predicted molar refractivity (Wildman–Crippen MR) is 135 cm³/mol. The Kier molecular flexibility index (Phi) is 7.50. The Balaban J connectivity index is 1.34. The Hall–Kier alpha value is 0.350. The van der Waals surface area contributed by atoms with Crippen LogP contribution in [-0.4, -0.2) is 41.4 Å². The van der Waals surface area contributed by atoms with Gasteiger partial charge in [0.05, 0.1) is 24.4 Å². The van der Waals surface area contributed by atoms with E-state index in [1.165, 1.54) is 122 Å². The van der Waals surface area contributed by atoms with Gasteiger partial charge in [0, 0.05) is 17.0 Å². The van der Waals surface area contributed by atoms with Crippen LogP contribution in [0.3, 0.4) is 0 Å². The molecule has 3 heteroatoms. The van der Waals surface area contributed by atoms with Crippen LogP contribution in [0.4, 0.5) is 0 Å². The summed E-state index contributed by atoms with van der Waals surface area (Å²) in [5.41, 5.74) is 2.55. The van der Waals surface area contributed by atoms with Crippen molar-refractivity contribution in [3.8, 4) is 0 Å². The van der Waals surface area contributed by atoms with Gasteiger partial charge in [-0.2, -0.15) is 0 Å². The van der Waals surface area contributed by atoms with E-state index in [1.54, 1.807) is 6.42 Å². The normalized spacial score (nSPS) is 50.2. The summed E-state index contributed by atoms with van der Waals surface area (Å²) in [5, 5.41) is 0. The van der Waals surface area contributed by atoms with Gasteiger partial charge >= 0.3 is 0 Å². The zero-order chi connectivity index (χ0) is 21.3. The van der Waals surface area contributed by atoms with Gasteiger partial charge in [-0.25, -0.2) is 0 Å². The Morgan fingerprint density at radius 3 is 1.56 bits per heavy atom. The Morgan fingerprint density at radius 2 is 0.875 bits per heavy atom. The maximum absolute atomic E-state index is 7.22. The SMILES string of the molecule is C1CCCC2OC3CCCCCCC4OC5CCC6CCC(CCC5P(C2CCC1)C34)C6. The van der Waals surface area contributed by atoms with Gasteiger partial charge in [-0.05, 0) is 69.6 Å².